The van der Waals surface area contributed by atoms with Crippen LogP contribution in [0.1, 0.15) is 23.6 Å². The van der Waals surface area contributed by atoms with Crippen LogP contribution in [-0.2, 0) is 11.2 Å². The Morgan fingerprint density at radius 3 is 2.55 bits per heavy atom. The summed E-state index contributed by atoms with van der Waals surface area (Å²) in [5, 5.41) is 12.4. The Labute approximate surface area is 171 Å². The first-order valence-electron chi connectivity index (χ1n) is 9.79. The zero-order valence-electron chi connectivity index (χ0n) is 16.6. The Balaban J connectivity index is 1.77. The van der Waals surface area contributed by atoms with Gasteiger partial charge in [0.1, 0.15) is 0 Å². The average molecular weight is 396 g/mol. The van der Waals surface area contributed by atoms with Crippen LogP contribution in [0.5, 0.6) is 0 Å². The van der Waals surface area contributed by atoms with Crippen molar-refractivity contribution in [2.45, 2.75) is 25.0 Å². The van der Waals surface area contributed by atoms with Gasteiger partial charge in [-0.15, -0.1) is 0 Å². The summed E-state index contributed by atoms with van der Waals surface area (Å²) in [6.45, 7) is 2.10. The molecule has 1 unspecified atom stereocenters. The number of likely N-dealkylation sites (N-methyl/N-ethyl adjacent to an activating group) is 1. The van der Waals surface area contributed by atoms with E-state index >= 15 is 0 Å². The number of β-amino-alcohol motifs (C(OH)–C–C–N with tert-alkyl or cyclic N) is 1. The van der Waals surface area contributed by atoms with E-state index in [1.807, 2.05) is 42.5 Å². The summed E-state index contributed by atoms with van der Waals surface area (Å²) in [6.07, 6.45) is 0.601. The van der Waals surface area contributed by atoms with E-state index in [0.29, 0.717) is 24.3 Å². The second-order valence-electron chi connectivity index (χ2n) is 7.46. The van der Waals surface area contributed by atoms with Crippen LogP contribution < -0.4 is 11.1 Å². The molecule has 0 spiro atoms. The molecule has 2 aromatic rings. The normalized spacial score (nSPS) is 17.7. The van der Waals surface area contributed by atoms with Gasteiger partial charge in [-0.1, -0.05) is 48.5 Å². The molecule has 1 aliphatic heterocycles. The minimum Gasteiger partial charge on any atom is -0.392 e. The fraction of sp³-hybridized carbons (Fsp3) is 0.364. The summed E-state index contributed by atoms with van der Waals surface area (Å²) in [5.74, 6) is -0.0580. The van der Waals surface area contributed by atoms with Gasteiger partial charge >= 0.3 is 6.03 Å². The van der Waals surface area contributed by atoms with Crippen molar-refractivity contribution in [1.82, 2.24) is 9.80 Å². The molecule has 1 heterocycles. The predicted molar refractivity (Wildman–Crippen MR) is 112 cm³/mol. The van der Waals surface area contributed by atoms with Crippen LogP contribution in [0.15, 0.2) is 54.6 Å². The summed E-state index contributed by atoms with van der Waals surface area (Å²) in [7, 11) is 1.80. The smallest absolute Gasteiger partial charge is 0.316 e. The summed E-state index contributed by atoms with van der Waals surface area (Å²) in [5.41, 5.74) is 7.55. The number of aliphatic hydroxyl groups is 1. The molecule has 29 heavy (non-hydrogen) atoms. The molecule has 3 rings (SSSR count). The summed E-state index contributed by atoms with van der Waals surface area (Å²) in [4.78, 5) is 28.3. The highest BCUT2D eigenvalue weighted by atomic mass is 16.3. The molecule has 1 saturated heterocycles. The van der Waals surface area contributed by atoms with Crippen LogP contribution in [0.4, 0.5) is 10.5 Å². The van der Waals surface area contributed by atoms with E-state index in [-0.39, 0.29) is 24.5 Å². The van der Waals surface area contributed by atoms with E-state index in [1.54, 1.807) is 24.1 Å². The van der Waals surface area contributed by atoms with Crippen molar-refractivity contribution in [2.75, 3.05) is 32.0 Å². The molecule has 0 bridgehead atoms. The number of hydrogen-bond acceptors (Lipinski definition) is 4. The van der Waals surface area contributed by atoms with Gasteiger partial charge in [0.2, 0.25) is 5.91 Å². The molecule has 154 valence electrons. The molecule has 0 aliphatic carbocycles. The largest absolute Gasteiger partial charge is 0.392 e. The van der Waals surface area contributed by atoms with Gasteiger partial charge in [-0.3, -0.25) is 9.69 Å². The number of rotatable bonds is 7. The van der Waals surface area contributed by atoms with Crippen LogP contribution in [0, 0.1) is 0 Å². The van der Waals surface area contributed by atoms with Crippen LogP contribution in [0.3, 0.4) is 0 Å². The Morgan fingerprint density at radius 1 is 1.21 bits per heavy atom. The molecule has 7 heteroatoms. The number of hydrogen-bond donors (Lipinski definition) is 3. The van der Waals surface area contributed by atoms with Crippen molar-refractivity contribution in [1.29, 1.82) is 0 Å². The lowest BCUT2D eigenvalue weighted by Gasteiger charge is -2.32. The number of anilines is 1. The number of urea groups is 1. The maximum absolute atomic E-state index is 13.1. The van der Waals surface area contributed by atoms with Gasteiger partial charge in [-0.2, -0.15) is 0 Å². The minimum absolute atomic E-state index is 0.0580. The average Bonchev–Trinajstić information content (AvgIpc) is 3.12. The van der Waals surface area contributed by atoms with Crippen LogP contribution in [0.2, 0.25) is 0 Å². The van der Waals surface area contributed by atoms with E-state index < -0.39 is 6.03 Å². The predicted octanol–water partition coefficient (Wildman–Crippen LogP) is 1.99. The van der Waals surface area contributed by atoms with E-state index in [9.17, 15) is 14.7 Å². The Bertz CT molecular complexity index is 843. The highest BCUT2D eigenvalue weighted by molar-refractivity contribution is 5.90. The minimum atomic E-state index is -0.659. The molecule has 0 aromatic heterocycles. The molecule has 0 radical (unpaired) electrons. The molecule has 4 N–H and O–H groups in total. The van der Waals surface area contributed by atoms with E-state index in [4.69, 9.17) is 5.73 Å². The lowest BCUT2D eigenvalue weighted by Crippen LogP contribution is -2.39. The van der Waals surface area contributed by atoms with Crippen LogP contribution in [-0.4, -0.2) is 59.6 Å². The van der Waals surface area contributed by atoms with E-state index in [1.165, 1.54) is 0 Å². The number of carbonyl (C=O) groups excluding carboxylic acids is 2. The number of likely N-dealkylation sites (tertiary alicyclic amines) is 1. The molecular formula is C22H28N4O3. The van der Waals surface area contributed by atoms with Gasteiger partial charge in [0.15, 0.2) is 0 Å². The number of aliphatic hydroxyl groups excluding tert-OH is 1. The third-order valence-corrected chi connectivity index (χ3v) is 5.34. The van der Waals surface area contributed by atoms with Crippen molar-refractivity contribution in [2.24, 2.45) is 5.73 Å². The van der Waals surface area contributed by atoms with Gasteiger partial charge in [-0.05, 0) is 23.6 Å². The highest BCUT2D eigenvalue weighted by Gasteiger charge is 2.28. The second kappa shape index (κ2) is 9.54. The maximum Gasteiger partial charge on any atom is 0.316 e. The lowest BCUT2D eigenvalue weighted by atomic mass is 10.0. The number of benzene rings is 2. The summed E-state index contributed by atoms with van der Waals surface area (Å²) < 4.78 is 0. The number of nitrogens with two attached hydrogens (primary N) is 1. The quantitative estimate of drug-likeness (QED) is 0.666. The number of para-hydroxylation sites is 1. The number of primary amides is 1. The van der Waals surface area contributed by atoms with E-state index in [2.05, 4.69) is 10.2 Å². The Hall–Kier alpha value is -2.90. The van der Waals surface area contributed by atoms with Crippen molar-refractivity contribution in [3.8, 4) is 0 Å². The van der Waals surface area contributed by atoms with Crippen molar-refractivity contribution in [3.63, 3.8) is 0 Å². The molecule has 7 nitrogen and oxygen atoms in total. The Kier molecular flexibility index (Phi) is 6.85. The number of amides is 3. The first kappa shape index (κ1) is 20.8. The monoisotopic (exact) mass is 396 g/mol. The van der Waals surface area contributed by atoms with Gasteiger partial charge in [-0.25, -0.2) is 4.79 Å². The first-order chi connectivity index (χ1) is 13.9. The molecule has 2 atom stereocenters. The summed E-state index contributed by atoms with van der Waals surface area (Å²) in [6, 6.07) is 16.3. The Morgan fingerprint density at radius 2 is 1.90 bits per heavy atom. The third kappa shape index (κ3) is 5.56. The topological polar surface area (TPSA) is 98.9 Å². The SMILES string of the molecule is CN(C(=O)Cc1ccccc1NC(N)=O)[C@H](CN1CCC(O)C1)c1ccccc1. The third-order valence-electron chi connectivity index (χ3n) is 5.34. The fourth-order valence-electron chi connectivity index (χ4n) is 3.74. The number of nitrogens with one attached hydrogen (secondary N) is 1. The first-order valence-corrected chi connectivity index (χ1v) is 9.79. The second-order valence-corrected chi connectivity index (χ2v) is 7.46. The molecule has 0 saturated carbocycles. The van der Waals surface area contributed by atoms with Gasteiger partial charge in [0, 0.05) is 32.4 Å². The summed E-state index contributed by atoms with van der Waals surface area (Å²) >= 11 is 0. The van der Waals surface area contributed by atoms with Gasteiger partial charge < -0.3 is 21.1 Å². The molecular weight excluding hydrogens is 368 g/mol. The number of carbonyl (C=O) groups is 2. The van der Waals surface area contributed by atoms with Crippen LogP contribution in [0.25, 0.3) is 0 Å². The van der Waals surface area contributed by atoms with E-state index in [0.717, 1.165) is 18.5 Å². The molecule has 3 amide bonds. The zero-order valence-corrected chi connectivity index (χ0v) is 16.6. The fourth-order valence-corrected chi connectivity index (χ4v) is 3.74. The lowest BCUT2D eigenvalue weighted by molar-refractivity contribution is -0.131. The zero-order chi connectivity index (χ0) is 20.8. The maximum atomic E-state index is 13.1. The highest BCUT2D eigenvalue weighted by Crippen LogP contribution is 2.25. The van der Waals surface area contributed by atoms with Crippen molar-refractivity contribution < 1.29 is 14.7 Å². The standard InChI is InChI=1S/C22H28N4O3/c1-25(21(28)13-17-9-5-6-10-19(17)24-22(23)29)20(16-7-3-2-4-8-16)15-26-12-11-18(27)14-26/h2-10,18,20,27H,11-15H2,1H3,(H3,23,24,29)/t18?,20-/m1/s1. The van der Waals surface area contributed by atoms with Gasteiger partial charge in [0.25, 0.3) is 0 Å². The molecule has 1 aliphatic rings. The number of nitrogens with zero attached hydrogens (tertiary/aromatic N) is 2. The van der Waals surface area contributed by atoms with Crippen molar-refractivity contribution in [3.05, 3.63) is 65.7 Å². The van der Waals surface area contributed by atoms with Crippen LogP contribution >= 0.6 is 0 Å². The van der Waals surface area contributed by atoms with Gasteiger partial charge in [0.05, 0.1) is 18.6 Å². The molecule has 2 aromatic carbocycles. The van der Waals surface area contributed by atoms with Crippen molar-refractivity contribution >= 4 is 17.6 Å². The molecule has 1 fully saturated rings.